The lowest BCUT2D eigenvalue weighted by Gasteiger charge is -2.36. The van der Waals surface area contributed by atoms with E-state index in [0.717, 1.165) is 37.5 Å². The highest BCUT2D eigenvalue weighted by molar-refractivity contribution is 7.93. The van der Waals surface area contributed by atoms with Crippen LogP contribution in [0.15, 0.2) is 59.1 Å². The molecule has 162 valence electrons. The molecular formula is C20H21N5O4S2. The van der Waals surface area contributed by atoms with Gasteiger partial charge >= 0.3 is 5.97 Å². The number of rotatable bonds is 6. The van der Waals surface area contributed by atoms with Crippen LogP contribution in [0.1, 0.15) is 9.67 Å². The summed E-state index contributed by atoms with van der Waals surface area (Å²) in [5, 5.41) is 1.52. The summed E-state index contributed by atoms with van der Waals surface area (Å²) in [6.07, 6.45) is 2.85. The van der Waals surface area contributed by atoms with Crippen LogP contribution in [0, 0.1) is 0 Å². The summed E-state index contributed by atoms with van der Waals surface area (Å²) < 4.78 is 32.4. The Morgan fingerprint density at radius 1 is 1.03 bits per heavy atom. The van der Waals surface area contributed by atoms with Crippen LogP contribution in [0.25, 0.3) is 0 Å². The van der Waals surface area contributed by atoms with Crippen molar-refractivity contribution in [1.29, 1.82) is 0 Å². The third-order valence-electron chi connectivity index (χ3n) is 4.86. The molecular weight excluding hydrogens is 438 g/mol. The van der Waals surface area contributed by atoms with E-state index in [9.17, 15) is 13.2 Å². The van der Waals surface area contributed by atoms with E-state index >= 15 is 0 Å². The lowest BCUT2D eigenvalue weighted by atomic mass is 10.2. The molecule has 0 radical (unpaired) electrons. The van der Waals surface area contributed by atoms with Crippen molar-refractivity contribution >= 4 is 44.7 Å². The highest BCUT2D eigenvalue weighted by atomic mass is 32.2. The third-order valence-corrected chi connectivity index (χ3v) is 7.31. The van der Waals surface area contributed by atoms with E-state index in [-0.39, 0.29) is 15.5 Å². The van der Waals surface area contributed by atoms with Crippen LogP contribution in [0.5, 0.6) is 0 Å². The summed E-state index contributed by atoms with van der Waals surface area (Å²) in [7, 11) is -2.77. The Morgan fingerprint density at radius 2 is 1.68 bits per heavy atom. The minimum Gasteiger partial charge on any atom is -0.465 e. The van der Waals surface area contributed by atoms with E-state index in [1.807, 2.05) is 18.2 Å². The molecule has 1 aliphatic rings. The molecule has 0 bridgehead atoms. The number of anilines is 3. The lowest BCUT2D eigenvalue weighted by molar-refractivity contribution is 0.0602. The molecule has 31 heavy (non-hydrogen) atoms. The SMILES string of the molecule is COC(=O)c1sccc1S(=O)(=O)Nc1cnc(N2CCN(c3ccccc3)CC2)nc1. The highest BCUT2D eigenvalue weighted by Crippen LogP contribution is 2.25. The van der Waals surface area contributed by atoms with Gasteiger partial charge in [-0.1, -0.05) is 18.2 Å². The summed E-state index contributed by atoms with van der Waals surface area (Å²) >= 11 is 1.00. The zero-order valence-corrected chi connectivity index (χ0v) is 18.4. The van der Waals surface area contributed by atoms with Gasteiger partial charge in [0.15, 0.2) is 0 Å². The summed E-state index contributed by atoms with van der Waals surface area (Å²) in [5.41, 5.74) is 1.40. The largest absolute Gasteiger partial charge is 0.465 e. The van der Waals surface area contributed by atoms with Gasteiger partial charge in [0.05, 0.1) is 25.2 Å². The molecule has 0 aliphatic carbocycles. The first-order valence-electron chi connectivity index (χ1n) is 9.53. The van der Waals surface area contributed by atoms with Crippen LogP contribution in [0.4, 0.5) is 17.3 Å². The fourth-order valence-electron chi connectivity index (χ4n) is 3.30. The van der Waals surface area contributed by atoms with Crippen LogP contribution >= 0.6 is 11.3 Å². The molecule has 4 rings (SSSR count). The van der Waals surface area contributed by atoms with E-state index in [1.165, 1.54) is 36.6 Å². The average molecular weight is 460 g/mol. The number of ether oxygens (including phenoxy) is 1. The Kier molecular flexibility index (Phi) is 6.05. The predicted molar refractivity (Wildman–Crippen MR) is 119 cm³/mol. The number of methoxy groups -OCH3 is 1. The molecule has 0 spiro atoms. The number of carbonyl (C=O) groups is 1. The van der Waals surface area contributed by atoms with Gasteiger partial charge in [0.2, 0.25) is 5.95 Å². The van der Waals surface area contributed by atoms with E-state index < -0.39 is 16.0 Å². The maximum atomic E-state index is 12.7. The first kappa shape index (κ1) is 21.1. The predicted octanol–water partition coefficient (Wildman–Crippen LogP) is 2.45. The van der Waals surface area contributed by atoms with Gasteiger partial charge in [0.1, 0.15) is 9.77 Å². The standard InChI is InChI=1S/C20H21N5O4S2/c1-29-19(26)18-17(7-12-30-18)31(27,28)23-15-13-21-20(22-14-15)25-10-8-24(9-11-25)16-5-3-2-4-6-16/h2-7,12-14,23H,8-11H2,1H3. The first-order valence-corrected chi connectivity index (χ1v) is 11.9. The van der Waals surface area contributed by atoms with E-state index in [4.69, 9.17) is 0 Å². The molecule has 3 heterocycles. The van der Waals surface area contributed by atoms with E-state index in [2.05, 4.69) is 41.4 Å². The van der Waals surface area contributed by atoms with Gasteiger partial charge in [-0.15, -0.1) is 11.3 Å². The maximum Gasteiger partial charge on any atom is 0.349 e. The number of carbonyl (C=O) groups excluding carboxylic acids is 1. The van der Waals surface area contributed by atoms with Crippen molar-refractivity contribution in [2.24, 2.45) is 0 Å². The van der Waals surface area contributed by atoms with Crippen molar-refractivity contribution in [3.05, 3.63) is 59.0 Å². The quantitative estimate of drug-likeness (QED) is 0.561. The monoisotopic (exact) mass is 459 g/mol. The van der Waals surface area contributed by atoms with E-state index in [0.29, 0.717) is 5.95 Å². The number of para-hydroxylation sites is 1. The number of nitrogens with zero attached hydrogens (tertiary/aromatic N) is 4. The molecule has 1 aromatic carbocycles. The molecule has 1 fully saturated rings. The zero-order valence-electron chi connectivity index (χ0n) is 16.8. The van der Waals surface area contributed by atoms with Crippen molar-refractivity contribution in [1.82, 2.24) is 9.97 Å². The van der Waals surface area contributed by atoms with E-state index in [1.54, 1.807) is 0 Å². The van der Waals surface area contributed by atoms with Crippen molar-refractivity contribution in [2.75, 3.05) is 47.8 Å². The minimum absolute atomic E-state index is 0.0174. The summed E-state index contributed by atoms with van der Waals surface area (Å²) in [6.45, 7) is 3.21. The van der Waals surface area contributed by atoms with Crippen LogP contribution < -0.4 is 14.5 Å². The Labute approximate surface area is 184 Å². The Hall–Kier alpha value is -3.18. The number of aromatic nitrogens is 2. The number of benzene rings is 1. The number of piperazine rings is 1. The molecule has 0 amide bonds. The molecule has 11 heteroatoms. The van der Waals surface area contributed by atoms with Gasteiger partial charge in [0.25, 0.3) is 10.0 Å². The van der Waals surface area contributed by atoms with Gasteiger partial charge in [0, 0.05) is 31.9 Å². The summed E-state index contributed by atoms with van der Waals surface area (Å²) in [5.74, 6) is -0.155. The minimum atomic E-state index is -3.97. The van der Waals surface area contributed by atoms with Crippen molar-refractivity contribution in [3.8, 4) is 0 Å². The fourth-order valence-corrected chi connectivity index (χ4v) is 5.67. The lowest BCUT2D eigenvalue weighted by Crippen LogP contribution is -2.47. The van der Waals surface area contributed by atoms with Crippen molar-refractivity contribution in [2.45, 2.75) is 4.90 Å². The van der Waals surface area contributed by atoms with Gasteiger partial charge in [-0.05, 0) is 23.6 Å². The second-order valence-electron chi connectivity index (χ2n) is 6.79. The Bertz CT molecular complexity index is 1140. The molecule has 1 saturated heterocycles. The molecule has 1 N–H and O–H groups in total. The number of nitrogens with one attached hydrogen (secondary N) is 1. The Balaban J connectivity index is 1.41. The number of esters is 1. The molecule has 0 saturated carbocycles. The van der Waals surface area contributed by atoms with Gasteiger partial charge in [-0.3, -0.25) is 4.72 Å². The normalized spacial score (nSPS) is 14.4. The van der Waals surface area contributed by atoms with Crippen LogP contribution in [-0.4, -0.2) is 57.6 Å². The Morgan fingerprint density at radius 3 is 2.32 bits per heavy atom. The first-order chi connectivity index (χ1) is 15.0. The smallest absolute Gasteiger partial charge is 0.349 e. The second-order valence-corrected chi connectivity index (χ2v) is 9.36. The van der Waals surface area contributed by atoms with Crippen molar-refractivity contribution in [3.63, 3.8) is 0 Å². The molecule has 2 aromatic heterocycles. The number of thiophene rings is 1. The molecule has 0 unspecified atom stereocenters. The van der Waals surface area contributed by atoms with Crippen molar-refractivity contribution < 1.29 is 17.9 Å². The molecule has 9 nitrogen and oxygen atoms in total. The molecule has 1 aliphatic heterocycles. The van der Waals surface area contributed by atoms with Crippen LogP contribution in [0.2, 0.25) is 0 Å². The topological polar surface area (TPSA) is 105 Å². The van der Waals surface area contributed by atoms with Gasteiger partial charge < -0.3 is 14.5 Å². The molecule has 3 aromatic rings. The zero-order chi connectivity index (χ0) is 21.8. The third kappa shape index (κ3) is 4.62. The van der Waals surface area contributed by atoms with Crippen LogP contribution in [0.3, 0.4) is 0 Å². The number of hydrogen-bond acceptors (Lipinski definition) is 9. The maximum absolute atomic E-state index is 12.7. The average Bonchev–Trinajstić information content (AvgIpc) is 3.31. The summed E-state index contributed by atoms with van der Waals surface area (Å²) in [4.78, 5) is 24.7. The summed E-state index contributed by atoms with van der Waals surface area (Å²) in [6, 6.07) is 11.6. The molecule has 0 atom stereocenters. The second kappa shape index (κ2) is 8.90. The number of sulfonamides is 1. The fraction of sp³-hybridized carbons (Fsp3) is 0.250. The van der Waals surface area contributed by atoms with Gasteiger partial charge in [-0.25, -0.2) is 23.2 Å². The highest BCUT2D eigenvalue weighted by Gasteiger charge is 2.25. The van der Waals surface area contributed by atoms with Gasteiger partial charge in [-0.2, -0.15) is 0 Å². The van der Waals surface area contributed by atoms with Crippen LogP contribution in [-0.2, 0) is 14.8 Å². The number of hydrogen-bond donors (Lipinski definition) is 1.